The summed E-state index contributed by atoms with van der Waals surface area (Å²) in [5.74, 6) is 36.8. The van der Waals surface area contributed by atoms with Gasteiger partial charge in [0.15, 0.2) is 0 Å². The summed E-state index contributed by atoms with van der Waals surface area (Å²) < 4.78 is 0. The van der Waals surface area contributed by atoms with Crippen LogP contribution in [0.3, 0.4) is 0 Å². The molecule has 0 aliphatic carbocycles. The standard InChI is InChI=1S/C21H16/c1-3-5-7-9-11-13-15-17-19-21-20-18-16-14-12-10-8-6-4-2/h3,5,7,9,11H2,1-2H3. The van der Waals surface area contributed by atoms with E-state index >= 15 is 0 Å². The molecule has 0 fully saturated rings. The van der Waals surface area contributed by atoms with Gasteiger partial charge in [0, 0.05) is 6.42 Å². The normalized spacial score (nSPS) is 5.81. The first-order chi connectivity index (χ1) is 10.4. The second kappa shape index (κ2) is 16.9. The molecule has 0 spiro atoms. The van der Waals surface area contributed by atoms with Crippen molar-refractivity contribution < 1.29 is 0 Å². The molecular weight excluding hydrogens is 252 g/mol. The molecule has 0 nitrogen and oxygen atoms in total. The van der Waals surface area contributed by atoms with Gasteiger partial charge in [-0.2, -0.15) is 0 Å². The van der Waals surface area contributed by atoms with Crippen molar-refractivity contribution in [2.45, 2.75) is 46.0 Å². The van der Waals surface area contributed by atoms with Crippen LogP contribution >= 0.6 is 0 Å². The maximum Gasteiger partial charge on any atom is 0.00989 e. The molecule has 0 rings (SSSR count). The molecule has 0 aromatic heterocycles. The quantitative estimate of drug-likeness (QED) is 0.543. The number of unbranched alkanes of at least 4 members (excludes halogenated alkanes) is 4. The van der Waals surface area contributed by atoms with Crippen LogP contribution in [-0.4, -0.2) is 0 Å². The van der Waals surface area contributed by atoms with Crippen LogP contribution in [0.5, 0.6) is 0 Å². The van der Waals surface area contributed by atoms with Gasteiger partial charge in [0.25, 0.3) is 0 Å². The van der Waals surface area contributed by atoms with Crippen molar-refractivity contribution in [3.05, 3.63) is 0 Å². The largest absolute Gasteiger partial charge is 0.0925 e. The summed E-state index contributed by atoms with van der Waals surface area (Å²) in [5.41, 5.74) is 0. The molecule has 21 heavy (non-hydrogen) atoms. The molecule has 0 aliphatic heterocycles. The summed E-state index contributed by atoms with van der Waals surface area (Å²) in [5, 5.41) is 0. The third kappa shape index (κ3) is 16.9. The lowest BCUT2D eigenvalue weighted by Crippen LogP contribution is -1.73. The fourth-order valence-electron chi connectivity index (χ4n) is 1.12. The van der Waals surface area contributed by atoms with Crippen molar-refractivity contribution >= 4 is 0 Å². The van der Waals surface area contributed by atoms with E-state index in [0.717, 1.165) is 12.8 Å². The van der Waals surface area contributed by atoms with Crippen molar-refractivity contribution in [1.82, 2.24) is 0 Å². The van der Waals surface area contributed by atoms with Crippen LogP contribution < -0.4 is 0 Å². The average Bonchev–Trinajstić information content (AvgIpc) is 2.50. The smallest absolute Gasteiger partial charge is 0.00989 e. The van der Waals surface area contributed by atoms with E-state index in [-0.39, 0.29) is 0 Å². The average molecular weight is 268 g/mol. The first-order valence-electron chi connectivity index (χ1n) is 6.81. The van der Waals surface area contributed by atoms with Crippen LogP contribution in [0.1, 0.15) is 46.0 Å². The van der Waals surface area contributed by atoms with Crippen molar-refractivity contribution in [2.75, 3.05) is 0 Å². The van der Waals surface area contributed by atoms with E-state index in [2.05, 4.69) is 89.8 Å². The highest BCUT2D eigenvalue weighted by molar-refractivity contribution is 5.45. The van der Waals surface area contributed by atoms with Crippen LogP contribution in [0.25, 0.3) is 0 Å². The van der Waals surface area contributed by atoms with Gasteiger partial charge >= 0.3 is 0 Å². The Balaban J connectivity index is 4.00. The molecular formula is C21H16. The van der Waals surface area contributed by atoms with Gasteiger partial charge in [-0.15, -0.1) is 0 Å². The van der Waals surface area contributed by atoms with Gasteiger partial charge in [0.05, 0.1) is 0 Å². The fourth-order valence-corrected chi connectivity index (χ4v) is 1.12. The van der Waals surface area contributed by atoms with E-state index in [1.54, 1.807) is 6.92 Å². The Kier molecular flexibility index (Phi) is 14.4. The molecule has 0 unspecified atom stereocenters. The van der Waals surface area contributed by atoms with E-state index in [0.29, 0.717) is 0 Å². The predicted molar refractivity (Wildman–Crippen MR) is 88.9 cm³/mol. The summed E-state index contributed by atoms with van der Waals surface area (Å²) in [6.07, 6.45) is 5.81. The van der Waals surface area contributed by atoms with Crippen molar-refractivity contribution in [2.24, 2.45) is 0 Å². The molecule has 0 radical (unpaired) electrons. The zero-order chi connectivity index (χ0) is 15.4. The molecule has 0 amide bonds. The minimum absolute atomic E-state index is 0.904. The Morgan fingerprint density at radius 1 is 0.524 bits per heavy atom. The van der Waals surface area contributed by atoms with E-state index in [9.17, 15) is 0 Å². The van der Waals surface area contributed by atoms with E-state index < -0.39 is 0 Å². The molecule has 0 heteroatoms. The van der Waals surface area contributed by atoms with Crippen molar-refractivity contribution in [3.8, 4) is 82.9 Å². The van der Waals surface area contributed by atoms with Gasteiger partial charge < -0.3 is 0 Å². The van der Waals surface area contributed by atoms with Crippen LogP contribution in [0.4, 0.5) is 0 Å². The lowest BCUT2D eigenvalue weighted by atomic mass is 10.2. The highest BCUT2D eigenvalue weighted by atomic mass is 13.9. The van der Waals surface area contributed by atoms with Gasteiger partial charge in [-0.1, -0.05) is 38.0 Å². The Morgan fingerprint density at radius 3 is 1.48 bits per heavy atom. The molecule has 0 saturated carbocycles. The summed E-state index contributed by atoms with van der Waals surface area (Å²) in [6, 6.07) is 0. The lowest BCUT2D eigenvalue weighted by molar-refractivity contribution is 0.680. The van der Waals surface area contributed by atoms with E-state index in [1.807, 2.05) is 0 Å². The molecule has 0 aliphatic rings. The summed E-state index contributed by atoms with van der Waals surface area (Å²) in [4.78, 5) is 0. The zero-order valence-corrected chi connectivity index (χ0v) is 12.5. The van der Waals surface area contributed by atoms with Crippen LogP contribution in [0, 0.1) is 82.9 Å². The third-order valence-corrected chi connectivity index (χ3v) is 2.06. The number of hydrogen-bond donors (Lipinski definition) is 0. The van der Waals surface area contributed by atoms with Gasteiger partial charge in [0.2, 0.25) is 0 Å². The summed E-state index contributed by atoms with van der Waals surface area (Å²) >= 11 is 0. The number of rotatable bonds is 4. The second-order valence-electron chi connectivity index (χ2n) is 3.74. The van der Waals surface area contributed by atoms with E-state index in [1.165, 1.54) is 19.3 Å². The summed E-state index contributed by atoms with van der Waals surface area (Å²) in [6.45, 7) is 3.91. The molecule has 0 saturated heterocycles. The SMILES string of the molecule is CC#CC#CC#CC#CC#CC#CC#CCCCCCC. The molecule has 0 heterocycles. The maximum atomic E-state index is 3.00. The lowest BCUT2D eigenvalue weighted by Gasteiger charge is -1.90. The molecule has 0 N–H and O–H groups in total. The summed E-state index contributed by atoms with van der Waals surface area (Å²) in [7, 11) is 0. The van der Waals surface area contributed by atoms with Crippen LogP contribution in [0.2, 0.25) is 0 Å². The van der Waals surface area contributed by atoms with Gasteiger partial charge in [-0.25, -0.2) is 0 Å². The molecule has 0 aromatic carbocycles. The fraction of sp³-hybridized carbons (Fsp3) is 0.333. The monoisotopic (exact) mass is 268 g/mol. The highest BCUT2D eigenvalue weighted by Gasteiger charge is 1.82. The van der Waals surface area contributed by atoms with Gasteiger partial charge in [-0.3, -0.25) is 0 Å². The van der Waals surface area contributed by atoms with E-state index in [4.69, 9.17) is 0 Å². The minimum atomic E-state index is 0.904. The first kappa shape index (κ1) is 17.9. The van der Waals surface area contributed by atoms with Crippen molar-refractivity contribution in [1.29, 1.82) is 0 Å². The Bertz CT molecular complexity index is 728. The Hall–Kier alpha value is -3.08. The molecule has 0 aromatic rings. The van der Waals surface area contributed by atoms with Gasteiger partial charge in [0.1, 0.15) is 0 Å². The highest BCUT2D eigenvalue weighted by Crippen LogP contribution is 2.00. The molecule has 0 atom stereocenters. The second-order valence-corrected chi connectivity index (χ2v) is 3.74. The number of hydrogen-bond acceptors (Lipinski definition) is 0. The molecule has 100 valence electrons. The van der Waals surface area contributed by atoms with Crippen LogP contribution in [0.15, 0.2) is 0 Å². The van der Waals surface area contributed by atoms with Crippen LogP contribution in [-0.2, 0) is 0 Å². The Morgan fingerprint density at radius 2 is 1.00 bits per heavy atom. The topological polar surface area (TPSA) is 0 Å². The Labute approximate surface area is 129 Å². The first-order valence-corrected chi connectivity index (χ1v) is 6.81. The van der Waals surface area contributed by atoms with Crippen molar-refractivity contribution in [3.63, 3.8) is 0 Å². The maximum absolute atomic E-state index is 3.00. The molecule has 0 bridgehead atoms. The minimum Gasteiger partial charge on any atom is -0.0925 e. The third-order valence-electron chi connectivity index (χ3n) is 2.06. The predicted octanol–water partition coefficient (Wildman–Crippen LogP) is 3.00. The van der Waals surface area contributed by atoms with Gasteiger partial charge in [-0.05, 0) is 84.4 Å². The zero-order valence-electron chi connectivity index (χ0n) is 12.5.